The number of likely N-dealkylation sites (tertiary alicyclic amines) is 1. The lowest BCUT2D eigenvalue weighted by atomic mass is 9.86. The second kappa shape index (κ2) is 9.06. The van der Waals surface area contributed by atoms with Crippen LogP contribution in [-0.2, 0) is 11.3 Å². The van der Waals surface area contributed by atoms with Gasteiger partial charge in [-0.3, -0.25) is 4.79 Å². The minimum absolute atomic E-state index is 0.0105. The van der Waals surface area contributed by atoms with Gasteiger partial charge in [0.1, 0.15) is 0 Å². The van der Waals surface area contributed by atoms with Crippen molar-refractivity contribution in [1.82, 2.24) is 15.5 Å². The predicted octanol–water partition coefficient (Wildman–Crippen LogP) is 3.30. The number of benzene rings is 1. The summed E-state index contributed by atoms with van der Waals surface area (Å²) in [4.78, 5) is 26.8. The van der Waals surface area contributed by atoms with Crippen LogP contribution in [0.3, 0.4) is 0 Å². The van der Waals surface area contributed by atoms with Crippen LogP contribution < -0.4 is 10.6 Å². The van der Waals surface area contributed by atoms with Gasteiger partial charge in [0.05, 0.1) is 0 Å². The van der Waals surface area contributed by atoms with Gasteiger partial charge in [0, 0.05) is 31.6 Å². The summed E-state index contributed by atoms with van der Waals surface area (Å²) in [7, 11) is 0. The van der Waals surface area contributed by atoms with Crippen LogP contribution in [0.2, 0.25) is 0 Å². The zero-order chi connectivity index (χ0) is 18.4. The van der Waals surface area contributed by atoms with E-state index in [1.165, 1.54) is 19.3 Å². The van der Waals surface area contributed by atoms with Crippen molar-refractivity contribution in [2.45, 2.75) is 58.0 Å². The van der Waals surface area contributed by atoms with E-state index in [1.807, 2.05) is 35.2 Å². The van der Waals surface area contributed by atoms with Crippen LogP contribution in [-0.4, -0.2) is 36.0 Å². The number of carbonyl (C=O) groups is 2. The first kappa shape index (κ1) is 18.7. The summed E-state index contributed by atoms with van der Waals surface area (Å²) in [6.07, 6.45) is 6.26. The number of hydrogen-bond donors (Lipinski definition) is 2. The van der Waals surface area contributed by atoms with E-state index in [-0.39, 0.29) is 17.9 Å². The molecule has 1 saturated heterocycles. The average molecular weight is 357 g/mol. The van der Waals surface area contributed by atoms with Crippen molar-refractivity contribution in [2.75, 3.05) is 13.1 Å². The summed E-state index contributed by atoms with van der Waals surface area (Å²) in [5, 5.41) is 6.24. The van der Waals surface area contributed by atoms with Crippen molar-refractivity contribution >= 4 is 11.9 Å². The molecule has 1 aliphatic heterocycles. The third-order valence-electron chi connectivity index (χ3n) is 5.88. The van der Waals surface area contributed by atoms with Gasteiger partial charge in [-0.2, -0.15) is 0 Å². The van der Waals surface area contributed by atoms with Gasteiger partial charge in [-0.15, -0.1) is 0 Å². The molecule has 1 aromatic carbocycles. The van der Waals surface area contributed by atoms with Gasteiger partial charge in [-0.25, -0.2) is 4.79 Å². The monoisotopic (exact) mass is 357 g/mol. The lowest BCUT2D eigenvalue weighted by molar-refractivity contribution is -0.126. The number of amides is 3. The molecule has 0 aromatic heterocycles. The summed E-state index contributed by atoms with van der Waals surface area (Å²) in [6.45, 7) is 4.13. The van der Waals surface area contributed by atoms with Gasteiger partial charge in [0.15, 0.2) is 0 Å². The maximum Gasteiger partial charge on any atom is 0.317 e. The second-order valence-electron chi connectivity index (χ2n) is 7.78. The van der Waals surface area contributed by atoms with E-state index in [0.717, 1.165) is 24.8 Å². The van der Waals surface area contributed by atoms with Crippen LogP contribution in [0.4, 0.5) is 4.79 Å². The van der Waals surface area contributed by atoms with Crippen LogP contribution >= 0.6 is 0 Å². The fourth-order valence-corrected chi connectivity index (χ4v) is 4.05. The summed E-state index contributed by atoms with van der Waals surface area (Å²) < 4.78 is 0. The third-order valence-corrected chi connectivity index (χ3v) is 5.88. The molecule has 3 rings (SSSR count). The molecule has 0 bridgehead atoms. The summed E-state index contributed by atoms with van der Waals surface area (Å²) in [6, 6.07) is 10.3. The largest absolute Gasteiger partial charge is 0.352 e. The zero-order valence-electron chi connectivity index (χ0n) is 15.7. The lowest BCUT2D eigenvalue weighted by Crippen LogP contribution is -2.51. The van der Waals surface area contributed by atoms with E-state index in [2.05, 4.69) is 17.6 Å². The fourth-order valence-electron chi connectivity index (χ4n) is 4.05. The molecule has 0 radical (unpaired) electrons. The standard InChI is InChI=1S/C21H31N3O2/c1-16-7-5-6-10-19(16)23-21(26)24-13-11-18(12-14-24)20(25)22-15-17-8-3-2-4-9-17/h2-4,8-9,16,18-19H,5-7,10-15H2,1H3,(H,22,25)(H,23,26). The molecule has 2 aliphatic rings. The molecule has 142 valence electrons. The van der Waals surface area contributed by atoms with Crippen LogP contribution in [0.5, 0.6) is 0 Å². The Morgan fingerprint density at radius 3 is 2.42 bits per heavy atom. The molecule has 1 saturated carbocycles. The van der Waals surface area contributed by atoms with Crippen molar-refractivity contribution in [1.29, 1.82) is 0 Å². The van der Waals surface area contributed by atoms with Gasteiger partial charge in [-0.05, 0) is 37.2 Å². The molecule has 1 aromatic rings. The van der Waals surface area contributed by atoms with E-state index < -0.39 is 0 Å². The molecule has 5 heteroatoms. The summed E-state index contributed by atoms with van der Waals surface area (Å²) >= 11 is 0. The first-order valence-electron chi connectivity index (χ1n) is 10.0. The minimum Gasteiger partial charge on any atom is -0.352 e. The number of urea groups is 1. The van der Waals surface area contributed by atoms with Gasteiger partial charge in [-0.1, -0.05) is 50.1 Å². The van der Waals surface area contributed by atoms with Crippen molar-refractivity contribution < 1.29 is 9.59 Å². The predicted molar refractivity (Wildman–Crippen MR) is 103 cm³/mol. The highest BCUT2D eigenvalue weighted by Gasteiger charge is 2.29. The van der Waals surface area contributed by atoms with Crippen LogP contribution in [0.1, 0.15) is 51.0 Å². The maximum absolute atomic E-state index is 12.5. The number of carbonyl (C=O) groups excluding carboxylic acids is 2. The molecule has 5 nitrogen and oxygen atoms in total. The average Bonchev–Trinajstić information content (AvgIpc) is 2.69. The number of piperidine rings is 1. The Morgan fingerprint density at radius 2 is 1.73 bits per heavy atom. The van der Waals surface area contributed by atoms with E-state index in [1.54, 1.807) is 0 Å². The number of rotatable bonds is 4. The van der Waals surface area contributed by atoms with Crippen LogP contribution in [0, 0.1) is 11.8 Å². The highest BCUT2D eigenvalue weighted by Crippen LogP contribution is 2.24. The highest BCUT2D eigenvalue weighted by atomic mass is 16.2. The van der Waals surface area contributed by atoms with E-state index in [4.69, 9.17) is 0 Å². The van der Waals surface area contributed by atoms with Gasteiger partial charge >= 0.3 is 6.03 Å². The zero-order valence-corrected chi connectivity index (χ0v) is 15.7. The van der Waals surface area contributed by atoms with Crippen molar-refractivity contribution in [3.05, 3.63) is 35.9 Å². The molecule has 0 spiro atoms. The lowest BCUT2D eigenvalue weighted by Gasteiger charge is -2.35. The molecule has 1 aliphatic carbocycles. The Balaban J connectivity index is 1.40. The first-order chi connectivity index (χ1) is 12.6. The number of nitrogens with one attached hydrogen (secondary N) is 2. The highest BCUT2D eigenvalue weighted by molar-refractivity contribution is 5.79. The van der Waals surface area contributed by atoms with Crippen LogP contribution in [0.15, 0.2) is 30.3 Å². The topological polar surface area (TPSA) is 61.4 Å². The summed E-state index contributed by atoms with van der Waals surface area (Å²) in [5.74, 6) is 0.681. The van der Waals surface area contributed by atoms with Crippen LogP contribution in [0.25, 0.3) is 0 Å². The molecule has 2 atom stereocenters. The quantitative estimate of drug-likeness (QED) is 0.868. The third kappa shape index (κ3) is 4.99. The molecular formula is C21H31N3O2. The van der Waals surface area contributed by atoms with Gasteiger partial charge < -0.3 is 15.5 Å². The van der Waals surface area contributed by atoms with Crippen molar-refractivity contribution in [3.8, 4) is 0 Å². The van der Waals surface area contributed by atoms with Crippen molar-refractivity contribution in [3.63, 3.8) is 0 Å². The Kier molecular flexibility index (Phi) is 6.53. The molecule has 26 heavy (non-hydrogen) atoms. The smallest absolute Gasteiger partial charge is 0.317 e. The maximum atomic E-state index is 12.5. The van der Waals surface area contributed by atoms with Gasteiger partial charge in [0.25, 0.3) is 0 Å². The minimum atomic E-state index is 0.0105. The number of nitrogens with zero attached hydrogens (tertiary/aromatic N) is 1. The van der Waals surface area contributed by atoms with Gasteiger partial charge in [0.2, 0.25) is 5.91 Å². The molecule has 2 N–H and O–H groups in total. The number of hydrogen-bond acceptors (Lipinski definition) is 2. The molecular weight excluding hydrogens is 326 g/mol. The molecule has 3 amide bonds. The second-order valence-corrected chi connectivity index (χ2v) is 7.78. The van der Waals surface area contributed by atoms with Crippen molar-refractivity contribution in [2.24, 2.45) is 11.8 Å². The first-order valence-corrected chi connectivity index (χ1v) is 10.0. The Bertz CT molecular complexity index is 597. The Hall–Kier alpha value is -2.04. The summed E-state index contributed by atoms with van der Waals surface area (Å²) in [5.41, 5.74) is 1.11. The molecule has 1 heterocycles. The Labute approximate surface area is 156 Å². The normalized spacial score (nSPS) is 24.1. The molecule has 2 unspecified atom stereocenters. The Morgan fingerprint density at radius 1 is 1.04 bits per heavy atom. The van der Waals surface area contributed by atoms with E-state index in [0.29, 0.717) is 31.6 Å². The van der Waals surface area contributed by atoms with E-state index in [9.17, 15) is 9.59 Å². The SMILES string of the molecule is CC1CCCCC1NC(=O)N1CCC(C(=O)NCc2ccccc2)CC1. The molecule has 2 fully saturated rings. The van der Waals surface area contributed by atoms with E-state index >= 15 is 0 Å². The fraction of sp³-hybridized carbons (Fsp3) is 0.619.